The fraction of sp³-hybridized carbons (Fsp3) is 0.722. The van der Waals surface area contributed by atoms with Crippen molar-refractivity contribution in [3.63, 3.8) is 0 Å². The Labute approximate surface area is 190 Å². The molecule has 29 heavy (non-hydrogen) atoms. The Morgan fingerprint density at radius 1 is 1.34 bits per heavy atom. The number of aromatic nitrogens is 1. The summed E-state index contributed by atoms with van der Waals surface area (Å²) in [6.45, 7) is 2.58. The Hall–Kier alpha value is -1.11. The number of hydrogen-bond acceptors (Lipinski definition) is 4. The van der Waals surface area contributed by atoms with E-state index in [1.165, 1.54) is 11.3 Å². The lowest BCUT2D eigenvalue weighted by Crippen LogP contribution is -2.48. The summed E-state index contributed by atoms with van der Waals surface area (Å²) in [5.74, 6) is 0.896. The molecule has 0 saturated heterocycles. The zero-order valence-corrected chi connectivity index (χ0v) is 20.0. The van der Waals surface area contributed by atoms with Gasteiger partial charge in [0, 0.05) is 38.5 Å². The number of carbonyl (C=O) groups is 1. The van der Waals surface area contributed by atoms with Gasteiger partial charge in [0.15, 0.2) is 11.7 Å². The zero-order valence-electron chi connectivity index (χ0n) is 16.9. The summed E-state index contributed by atoms with van der Waals surface area (Å²) in [7, 11) is 3.34. The van der Waals surface area contributed by atoms with Crippen molar-refractivity contribution < 1.29 is 18.0 Å². The summed E-state index contributed by atoms with van der Waals surface area (Å²) in [6, 6.07) is 0.270. The lowest BCUT2D eigenvalue weighted by molar-refractivity contribution is -0.140. The van der Waals surface area contributed by atoms with E-state index < -0.39 is 11.9 Å². The van der Waals surface area contributed by atoms with E-state index in [1.54, 1.807) is 14.1 Å². The highest BCUT2D eigenvalue weighted by molar-refractivity contribution is 14.0. The van der Waals surface area contributed by atoms with Gasteiger partial charge in [-0.1, -0.05) is 19.8 Å². The number of halogens is 4. The molecular weight excluding hydrogens is 518 g/mol. The van der Waals surface area contributed by atoms with Gasteiger partial charge in [-0.15, -0.1) is 35.3 Å². The maximum Gasteiger partial charge on any atom is 0.434 e. The van der Waals surface area contributed by atoms with Crippen LogP contribution < -0.4 is 10.6 Å². The van der Waals surface area contributed by atoms with Crippen LogP contribution >= 0.6 is 35.3 Å². The van der Waals surface area contributed by atoms with Crippen LogP contribution in [0.4, 0.5) is 13.2 Å². The number of carbonyl (C=O) groups excluding carboxylic acids is 1. The lowest BCUT2D eigenvalue weighted by Gasteiger charge is -2.31. The number of guanidine groups is 1. The van der Waals surface area contributed by atoms with Gasteiger partial charge in [0.05, 0.1) is 5.01 Å². The van der Waals surface area contributed by atoms with Gasteiger partial charge in [0.2, 0.25) is 5.91 Å². The summed E-state index contributed by atoms with van der Waals surface area (Å²) in [4.78, 5) is 21.3. The zero-order chi connectivity index (χ0) is 20.7. The van der Waals surface area contributed by atoms with Gasteiger partial charge in [0.1, 0.15) is 6.54 Å². The maximum absolute atomic E-state index is 12.7. The van der Waals surface area contributed by atoms with E-state index in [2.05, 4.69) is 27.5 Å². The monoisotopic (exact) mass is 547 g/mol. The molecule has 166 valence electrons. The molecule has 2 rings (SSSR count). The number of likely N-dealkylation sites (N-methyl/N-ethyl adjacent to an activating group) is 1. The molecule has 0 spiro atoms. The molecule has 1 heterocycles. The minimum atomic E-state index is -4.42. The van der Waals surface area contributed by atoms with Gasteiger partial charge in [-0.2, -0.15) is 13.2 Å². The standard InChI is InChI=1S/C18H28F3N5OS.HI/c1-12-6-4-5-7-13(12)24-17(23-10-16(27)26(2)3)22-9-8-15-25-14(11-28-15)18(19,20)21;/h11-13H,4-10H2,1-3H3,(H2,22,23,24);1H. The second-order valence-corrected chi connectivity index (χ2v) is 8.21. The third-order valence-corrected chi connectivity index (χ3v) is 5.69. The van der Waals surface area contributed by atoms with Gasteiger partial charge in [-0.3, -0.25) is 4.79 Å². The number of hydrogen-bond donors (Lipinski definition) is 2. The molecule has 0 radical (unpaired) electrons. The smallest absolute Gasteiger partial charge is 0.356 e. The molecule has 0 bridgehead atoms. The molecule has 0 aliphatic heterocycles. The van der Waals surface area contributed by atoms with Crippen molar-refractivity contribution in [1.82, 2.24) is 20.5 Å². The predicted molar refractivity (Wildman–Crippen MR) is 120 cm³/mol. The van der Waals surface area contributed by atoms with Crippen LogP contribution in [0.5, 0.6) is 0 Å². The number of amides is 1. The number of nitrogens with one attached hydrogen (secondary N) is 2. The van der Waals surface area contributed by atoms with Gasteiger partial charge in [0.25, 0.3) is 0 Å². The molecule has 1 saturated carbocycles. The van der Waals surface area contributed by atoms with Crippen LogP contribution in [0.3, 0.4) is 0 Å². The molecule has 0 aromatic carbocycles. The van der Waals surface area contributed by atoms with E-state index in [0.717, 1.165) is 36.0 Å². The second kappa shape index (κ2) is 11.9. The Kier molecular flexibility index (Phi) is 10.7. The first kappa shape index (κ1) is 25.9. The summed E-state index contributed by atoms with van der Waals surface area (Å²) in [5, 5.41) is 7.96. The van der Waals surface area contributed by atoms with E-state index in [-0.39, 0.29) is 42.5 Å². The fourth-order valence-corrected chi connectivity index (χ4v) is 3.80. The first-order valence-corrected chi connectivity index (χ1v) is 10.3. The molecule has 2 atom stereocenters. The number of rotatable bonds is 6. The number of nitrogens with zero attached hydrogens (tertiary/aromatic N) is 3. The Balaban J connectivity index is 0.00000420. The average molecular weight is 547 g/mol. The van der Waals surface area contributed by atoms with Crippen molar-refractivity contribution in [2.24, 2.45) is 10.9 Å². The molecule has 1 fully saturated rings. The second-order valence-electron chi connectivity index (χ2n) is 7.27. The number of thiazole rings is 1. The first-order chi connectivity index (χ1) is 13.2. The maximum atomic E-state index is 12.7. The molecule has 1 aromatic heterocycles. The molecule has 1 amide bonds. The summed E-state index contributed by atoms with van der Waals surface area (Å²) < 4.78 is 38.0. The third-order valence-electron chi connectivity index (χ3n) is 4.78. The normalized spacial score (nSPS) is 20.0. The van der Waals surface area contributed by atoms with Crippen LogP contribution in [0, 0.1) is 5.92 Å². The Morgan fingerprint density at radius 3 is 2.62 bits per heavy atom. The molecule has 2 unspecified atom stereocenters. The van der Waals surface area contributed by atoms with Crippen LogP contribution in [0.15, 0.2) is 10.4 Å². The molecule has 1 aliphatic rings. The van der Waals surface area contributed by atoms with Crippen molar-refractivity contribution in [2.45, 2.75) is 51.2 Å². The Morgan fingerprint density at radius 2 is 2.03 bits per heavy atom. The van der Waals surface area contributed by atoms with Crippen molar-refractivity contribution >= 4 is 47.2 Å². The number of aliphatic imine (C=N–C) groups is 1. The minimum absolute atomic E-state index is 0. The topological polar surface area (TPSA) is 69.6 Å². The lowest BCUT2D eigenvalue weighted by atomic mass is 9.86. The highest BCUT2D eigenvalue weighted by Crippen LogP contribution is 2.30. The van der Waals surface area contributed by atoms with Gasteiger partial charge >= 0.3 is 6.18 Å². The quantitative estimate of drug-likeness (QED) is 0.325. The van der Waals surface area contributed by atoms with Gasteiger partial charge in [-0.05, 0) is 18.8 Å². The van der Waals surface area contributed by atoms with Crippen LogP contribution in [0.1, 0.15) is 43.3 Å². The van der Waals surface area contributed by atoms with Gasteiger partial charge < -0.3 is 15.5 Å². The van der Waals surface area contributed by atoms with Crippen molar-refractivity contribution in [3.8, 4) is 0 Å². The molecule has 2 N–H and O–H groups in total. The summed E-state index contributed by atoms with van der Waals surface area (Å²) in [5.41, 5.74) is -0.855. The van der Waals surface area contributed by atoms with Crippen LogP contribution in [0.25, 0.3) is 0 Å². The average Bonchev–Trinajstić information content (AvgIpc) is 3.10. The van der Waals surface area contributed by atoms with E-state index in [9.17, 15) is 18.0 Å². The molecule has 6 nitrogen and oxygen atoms in total. The Bertz CT molecular complexity index is 681. The van der Waals surface area contributed by atoms with Crippen LogP contribution in [-0.4, -0.2) is 55.0 Å². The molecule has 1 aliphatic carbocycles. The van der Waals surface area contributed by atoms with E-state index in [0.29, 0.717) is 29.9 Å². The molecule has 1 aromatic rings. The SMILES string of the molecule is CC1CCCCC1NC(=NCC(=O)N(C)C)NCCc1nc(C(F)(F)F)cs1.I. The highest BCUT2D eigenvalue weighted by atomic mass is 127. The van der Waals surface area contributed by atoms with Gasteiger partial charge in [-0.25, -0.2) is 9.98 Å². The van der Waals surface area contributed by atoms with Crippen LogP contribution in [-0.2, 0) is 17.4 Å². The van der Waals surface area contributed by atoms with Crippen LogP contribution in [0.2, 0.25) is 0 Å². The van der Waals surface area contributed by atoms with Crippen molar-refractivity contribution in [2.75, 3.05) is 27.2 Å². The third kappa shape index (κ3) is 8.65. The molecular formula is C18H29F3IN5OS. The summed E-state index contributed by atoms with van der Waals surface area (Å²) in [6.07, 6.45) is 0.463. The highest BCUT2D eigenvalue weighted by Gasteiger charge is 2.33. The molecule has 11 heteroatoms. The van der Waals surface area contributed by atoms with E-state index in [4.69, 9.17) is 0 Å². The predicted octanol–water partition coefficient (Wildman–Crippen LogP) is 3.52. The minimum Gasteiger partial charge on any atom is -0.356 e. The van der Waals surface area contributed by atoms with Crippen molar-refractivity contribution in [1.29, 1.82) is 0 Å². The first-order valence-electron chi connectivity index (χ1n) is 9.43. The van der Waals surface area contributed by atoms with E-state index in [1.807, 2.05) is 0 Å². The van der Waals surface area contributed by atoms with Crippen molar-refractivity contribution in [3.05, 3.63) is 16.1 Å². The fourth-order valence-electron chi connectivity index (χ4n) is 2.99. The van der Waals surface area contributed by atoms with E-state index >= 15 is 0 Å². The number of alkyl halides is 3. The summed E-state index contributed by atoms with van der Waals surface area (Å²) >= 11 is 0.994. The largest absolute Gasteiger partial charge is 0.434 e.